The predicted molar refractivity (Wildman–Crippen MR) is 96.9 cm³/mol. The van der Waals surface area contributed by atoms with Crippen LogP contribution in [0.4, 0.5) is 0 Å². The van der Waals surface area contributed by atoms with Crippen molar-refractivity contribution in [3.8, 4) is 5.75 Å². The Balaban J connectivity index is 1.71. The van der Waals surface area contributed by atoms with Gasteiger partial charge < -0.3 is 14.0 Å². The van der Waals surface area contributed by atoms with Crippen LogP contribution in [0, 0.1) is 6.92 Å². The number of ether oxygens (including phenoxy) is 2. The first-order valence-electron chi connectivity index (χ1n) is 8.83. The summed E-state index contributed by atoms with van der Waals surface area (Å²) in [5.74, 6) is 1.95. The van der Waals surface area contributed by atoms with Crippen LogP contribution in [-0.2, 0) is 11.3 Å². The topological polar surface area (TPSA) is 70.7 Å². The van der Waals surface area contributed by atoms with Crippen molar-refractivity contribution in [2.24, 2.45) is 0 Å². The Labute approximate surface area is 151 Å². The van der Waals surface area contributed by atoms with E-state index in [2.05, 4.69) is 10.2 Å². The van der Waals surface area contributed by atoms with Crippen molar-refractivity contribution in [2.45, 2.75) is 32.2 Å². The Morgan fingerprint density at radius 1 is 1.19 bits per heavy atom. The van der Waals surface area contributed by atoms with Gasteiger partial charge in [0, 0.05) is 31.0 Å². The van der Waals surface area contributed by atoms with E-state index < -0.39 is 0 Å². The number of fused-ring (bicyclic) bond motifs is 1. The van der Waals surface area contributed by atoms with Crippen molar-refractivity contribution in [3.05, 3.63) is 57.9 Å². The van der Waals surface area contributed by atoms with Crippen LogP contribution in [0.5, 0.6) is 5.75 Å². The fraction of sp³-hybridized carbons (Fsp3) is 0.421. The third-order valence-corrected chi connectivity index (χ3v) is 4.99. The highest BCUT2D eigenvalue weighted by Gasteiger charge is 2.23. The molecular weight excluding hydrogens is 332 g/mol. The van der Waals surface area contributed by atoms with Crippen LogP contribution in [0.25, 0.3) is 5.65 Å². The number of methoxy groups -OCH3 is 1. The second-order valence-electron chi connectivity index (χ2n) is 6.65. The molecule has 1 aliphatic rings. The fourth-order valence-electron chi connectivity index (χ4n) is 3.46. The summed E-state index contributed by atoms with van der Waals surface area (Å²) in [5, 5.41) is 8.50. The second kappa shape index (κ2) is 6.92. The highest BCUT2D eigenvalue weighted by Crippen LogP contribution is 2.25. The van der Waals surface area contributed by atoms with Crippen LogP contribution in [0.2, 0.25) is 0 Å². The van der Waals surface area contributed by atoms with Crippen LogP contribution >= 0.6 is 0 Å². The average molecular weight is 354 g/mol. The van der Waals surface area contributed by atoms with Gasteiger partial charge in [-0.05, 0) is 37.5 Å². The Hall–Kier alpha value is -2.67. The summed E-state index contributed by atoms with van der Waals surface area (Å²) in [6.45, 7) is 3.89. The SMILES string of the molecule is COc1ccc(Cn2c(C)cn3c(C4CCOCC4)nnc3c2=O)cc1. The molecule has 0 saturated carbocycles. The second-order valence-corrected chi connectivity index (χ2v) is 6.65. The summed E-state index contributed by atoms with van der Waals surface area (Å²) in [6, 6.07) is 7.72. The number of benzene rings is 1. The minimum Gasteiger partial charge on any atom is -0.497 e. The van der Waals surface area contributed by atoms with Gasteiger partial charge in [-0.25, -0.2) is 0 Å². The number of rotatable bonds is 4. The molecule has 0 unspecified atom stereocenters. The summed E-state index contributed by atoms with van der Waals surface area (Å²) in [7, 11) is 1.64. The van der Waals surface area contributed by atoms with Gasteiger partial charge in [0.25, 0.3) is 5.56 Å². The van der Waals surface area contributed by atoms with Crippen molar-refractivity contribution in [1.29, 1.82) is 0 Å². The zero-order valence-electron chi connectivity index (χ0n) is 15.0. The lowest BCUT2D eigenvalue weighted by atomic mass is 10.00. The van der Waals surface area contributed by atoms with Crippen molar-refractivity contribution in [1.82, 2.24) is 19.2 Å². The van der Waals surface area contributed by atoms with Crippen molar-refractivity contribution < 1.29 is 9.47 Å². The Morgan fingerprint density at radius 2 is 1.92 bits per heavy atom. The molecule has 2 aromatic heterocycles. The van der Waals surface area contributed by atoms with Crippen molar-refractivity contribution in [2.75, 3.05) is 20.3 Å². The van der Waals surface area contributed by atoms with E-state index in [0.29, 0.717) is 12.2 Å². The number of hydrogen-bond donors (Lipinski definition) is 0. The van der Waals surface area contributed by atoms with Crippen LogP contribution < -0.4 is 10.3 Å². The predicted octanol–water partition coefficient (Wildman–Crippen LogP) is 2.15. The van der Waals surface area contributed by atoms with Gasteiger partial charge in [0.15, 0.2) is 0 Å². The summed E-state index contributed by atoms with van der Waals surface area (Å²) in [5.41, 5.74) is 2.17. The van der Waals surface area contributed by atoms with Crippen LogP contribution in [0.3, 0.4) is 0 Å². The largest absolute Gasteiger partial charge is 0.497 e. The van der Waals surface area contributed by atoms with E-state index in [4.69, 9.17) is 9.47 Å². The molecule has 0 radical (unpaired) electrons. The van der Waals surface area contributed by atoms with Crippen LogP contribution in [0.1, 0.15) is 35.8 Å². The van der Waals surface area contributed by atoms with Gasteiger partial charge in [-0.2, -0.15) is 0 Å². The van der Waals surface area contributed by atoms with E-state index >= 15 is 0 Å². The molecule has 1 aromatic carbocycles. The molecule has 1 fully saturated rings. The van der Waals surface area contributed by atoms with Gasteiger partial charge in [0.05, 0.1) is 13.7 Å². The van der Waals surface area contributed by atoms with E-state index in [1.807, 2.05) is 41.8 Å². The molecule has 7 nitrogen and oxygen atoms in total. The van der Waals surface area contributed by atoms with Gasteiger partial charge in [0.2, 0.25) is 5.65 Å². The first-order valence-corrected chi connectivity index (χ1v) is 8.83. The van der Waals surface area contributed by atoms with Crippen LogP contribution in [0.15, 0.2) is 35.3 Å². The molecule has 3 heterocycles. The molecule has 0 aliphatic carbocycles. The minimum atomic E-state index is -0.119. The molecule has 4 rings (SSSR count). The Bertz CT molecular complexity index is 969. The molecule has 7 heteroatoms. The average Bonchev–Trinajstić information content (AvgIpc) is 3.10. The quantitative estimate of drug-likeness (QED) is 0.718. The highest BCUT2D eigenvalue weighted by atomic mass is 16.5. The normalized spacial score (nSPS) is 15.5. The lowest BCUT2D eigenvalue weighted by Crippen LogP contribution is -2.26. The summed E-state index contributed by atoms with van der Waals surface area (Å²) in [4.78, 5) is 13.0. The zero-order valence-corrected chi connectivity index (χ0v) is 15.0. The number of nitrogens with zero attached hydrogens (tertiary/aromatic N) is 4. The van der Waals surface area contributed by atoms with Gasteiger partial charge in [-0.15, -0.1) is 10.2 Å². The Morgan fingerprint density at radius 3 is 2.62 bits per heavy atom. The fourth-order valence-corrected chi connectivity index (χ4v) is 3.46. The minimum absolute atomic E-state index is 0.119. The van der Waals surface area contributed by atoms with E-state index in [-0.39, 0.29) is 11.5 Å². The third kappa shape index (κ3) is 2.99. The maximum atomic E-state index is 13.0. The van der Waals surface area contributed by atoms with Crippen LogP contribution in [-0.4, -0.2) is 39.5 Å². The molecule has 26 heavy (non-hydrogen) atoms. The van der Waals surface area contributed by atoms with Gasteiger partial charge >= 0.3 is 0 Å². The van der Waals surface area contributed by atoms with E-state index in [9.17, 15) is 4.79 Å². The highest BCUT2D eigenvalue weighted by molar-refractivity contribution is 5.37. The third-order valence-electron chi connectivity index (χ3n) is 4.99. The number of aryl methyl sites for hydroxylation is 1. The van der Waals surface area contributed by atoms with E-state index in [1.54, 1.807) is 11.7 Å². The van der Waals surface area contributed by atoms with Crippen molar-refractivity contribution in [3.63, 3.8) is 0 Å². The molecule has 0 bridgehead atoms. The maximum absolute atomic E-state index is 13.0. The van der Waals surface area contributed by atoms with Gasteiger partial charge in [-0.1, -0.05) is 12.1 Å². The molecule has 0 N–H and O–H groups in total. The smallest absolute Gasteiger partial charge is 0.296 e. The Kier molecular flexibility index (Phi) is 4.46. The van der Waals surface area contributed by atoms with E-state index in [1.165, 1.54) is 0 Å². The molecular formula is C19H22N4O3. The summed E-state index contributed by atoms with van der Waals surface area (Å²) in [6.07, 6.45) is 3.79. The van der Waals surface area contributed by atoms with Gasteiger partial charge in [-0.3, -0.25) is 9.20 Å². The molecule has 0 amide bonds. The molecule has 3 aromatic rings. The lowest BCUT2D eigenvalue weighted by molar-refractivity contribution is 0.0834. The molecule has 0 atom stereocenters. The molecule has 1 aliphatic heterocycles. The standard InChI is InChI=1S/C19H22N4O3/c1-13-11-23-17(15-7-9-26-10-8-15)20-21-18(23)19(24)22(13)12-14-3-5-16(25-2)6-4-14/h3-6,11,15H,7-10,12H2,1-2H3. The lowest BCUT2D eigenvalue weighted by Gasteiger charge is -2.20. The summed E-state index contributed by atoms with van der Waals surface area (Å²) < 4.78 is 14.2. The van der Waals surface area contributed by atoms with Gasteiger partial charge in [0.1, 0.15) is 11.6 Å². The van der Waals surface area contributed by atoms with E-state index in [0.717, 1.165) is 48.9 Å². The summed E-state index contributed by atoms with van der Waals surface area (Å²) >= 11 is 0. The maximum Gasteiger partial charge on any atom is 0.296 e. The number of hydrogen-bond acceptors (Lipinski definition) is 5. The molecule has 0 spiro atoms. The zero-order chi connectivity index (χ0) is 18.1. The number of aromatic nitrogens is 4. The van der Waals surface area contributed by atoms with Crippen molar-refractivity contribution >= 4 is 5.65 Å². The first kappa shape index (κ1) is 16.8. The molecule has 136 valence electrons. The monoisotopic (exact) mass is 354 g/mol. The molecule has 1 saturated heterocycles. The first-order chi connectivity index (χ1) is 12.7.